The molecule has 1 saturated heterocycles. The van der Waals surface area contributed by atoms with Crippen molar-refractivity contribution in [2.75, 3.05) is 18.1 Å². The fourth-order valence-electron chi connectivity index (χ4n) is 4.53. The van der Waals surface area contributed by atoms with Crippen LogP contribution < -0.4 is 15.0 Å². The minimum atomic E-state index is -1.06. The predicted molar refractivity (Wildman–Crippen MR) is 132 cm³/mol. The van der Waals surface area contributed by atoms with Crippen LogP contribution in [-0.2, 0) is 11.2 Å². The number of aliphatic hydroxyl groups is 1. The molecule has 1 amide bonds. The number of aliphatic hydroxyl groups excluding tert-OH is 1. The van der Waals surface area contributed by atoms with Gasteiger partial charge in [-0.25, -0.2) is 4.79 Å². The normalized spacial score (nSPS) is 16.9. The Hall–Kier alpha value is -3.06. The minimum Gasteiger partial charge on any atom is -0.493 e. The number of nitrogens with zero attached hydrogens (tertiary/aromatic N) is 1. The van der Waals surface area contributed by atoms with E-state index in [-0.39, 0.29) is 29.7 Å². The van der Waals surface area contributed by atoms with Crippen molar-refractivity contribution in [3.63, 3.8) is 0 Å². The van der Waals surface area contributed by atoms with Crippen molar-refractivity contribution < 1.29 is 24.5 Å². The van der Waals surface area contributed by atoms with Crippen molar-refractivity contribution >= 4 is 17.6 Å². The smallest absolute Gasteiger partial charge is 0.339 e. The molecule has 0 aliphatic carbocycles. The highest BCUT2D eigenvalue weighted by molar-refractivity contribution is 5.91. The molecular weight excluding hydrogens is 432 g/mol. The summed E-state index contributed by atoms with van der Waals surface area (Å²) in [6, 6.07) is 12.5. The number of amides is 1. The van der Waals surface area contributed by atoms with Crippen molar-refractivity contribution in [1.82, 2.24) is 5.32 Å². The van der Waals surface area contributed by atoms with E-state index in [9.17, 15) is 19.8 Å². The second-order valence-electron chi connectivity index (χ2n) is 9.22. The Morgan fingerprint density at radius 1 is 1.18 bits per heavy atom. The number of piperidine rings is 1. The van der Waals surface area contributed by atoms with Gasteiger partial charge in [0.05, 0.1) is 19.1 Å². The molecule has 1 unspecified atom stereocenters. The number of carboxylic acid groups (broad SMARTS) is 1. The molecule has 3 rings (SSSR count). The lowest BCUT2D eigenvalue weighted by atomic mass is 9.94. The first kappa shape index (κ1) is 25.6. The number of anilines is 1. The monoisotopic (exact) mass is 468 g/mol. The molecule has 0 saturated carbocycles. The summed E-state index contributed by atoms with van der Waals surface area (Å²) in [6.07, 6.45) is 3.13. The molecule has 0 spiro atoms. The van der Waals surface area contributed by atoms with Crippen LogP contribution in [0.15, 0.2) is 42.5 Å². The van der Waals surface area contributed by atoms with Gasteiger partial charge in [-0.2, -0.15) is 0 Å². The van der Waals surface area contributed by atoms with Crippen molar-refractivity contribution in [3.8, 4) is 5.75 Å². The first-order valence-corrected chi connectivity index (χ1v) is 12.1. The third-order valence-corrected chi connectivity index (χ3v) is 6.08. The highest BCUT2D eigenvalue weighted by Crippen LogP contribution is 2.33. The lowest BCUT2D eigenvalue weighted by Crippen LogP contribution is -2.41. The van der Waals surface area contributed by atoms with Crippen LogP contribution in [0.25, 0.3) is 0 Å². The van der Waals surface area contributed by atoms with Crippen LogP contribution in [0.4, 0.5) is 5.69 Å². The first-order valence-electron chi connectivity index (χ1n) is 12.1. The van der Waals surface area contributed by atoms with E-state index in [1.54, 1.807) is 19.1 Å². The highest BCUT2D eigenvalue weighted by Gasteiger charge is 2.26. The Bertz CT molecular complexity index is 991. The molecule has 34 heavy (non-hydrogen) atoms. The Balaban J connectivity index is 1.82. The van der Waals surface area contributed by atoms with Crippen LogP contribution in [0.1, 0.15) is 74.0 Å². The molecule has 1 aliphatic heterocycles. The van der Waals surface area contributed by atoms with Crippen LogP contribution in [0.5, 0.6) is 5.75 Å². The van der Waals surface area contributed by atoms with Gasteiger partial charge < -0.3 is 25.2 Å². The maximum atomic E-state index is 13.1. The third kappa shape index (κ3) is 6.50. The van der Waals surface area contributed by atoms with E-state index in [2.05, 4.69) is 19.2 Å². The van der Waals surface area contributed by atoms with Crippen molar-refractivity contribution in [3.05, 3.63) is 59.2 Å². The number of ether oxygens (including phenoxy) is 1. The molecule has 3 N–H and O–H groups in total. The van der Waals surface area contributed by atoms with Gasteiger partial charge in [-0.05, 0) is 67.9 Å². The lowest BCUT2D eigenvalue weighted by molar-refractivity contribution is -0.121. The number of carbonyl (C=O) groups excluding carboxylic acids is 1. The van der Waals surface area contributed by atoms with E-state index in [4.69, 9.17) is 4.74 Å². The lowest BCUT2D eigenvalue weighted by Gasteiger charge is -2.37. The van der Waals surface area contributed by atoms with Crippen LogP contribution in [0, 0.1) is 5.92 Å². The number of rotatable bonds is 10. The quantitative estimate of drug-likeness (QED) is 0.474. The minimum absolute atomic E-state index is 0.0812. The van der Waals surface area contributed by atoms with Crippen LogP contribution >= 0.6 is 0 Å². The topological polar surface area (TPSA) is 99.1 Å². The molecule has 0 bridgehead atoms. The van der Waals surface area contributed by atoms with E-state index in [0.29, 0.717) is 18.1 Å². The van der Waals surface area contributed by atoms with Gasteiger partial charge >= 0.3 is 5.97 Å². The number of hydrogen-bond donors (Lipinski definition) is 3. The predicted octanol–water partition coefficient (Wildman–Crippen LogP) is 4.54. The average molecular weight is 469 g/mol. The SMILES string of the molecule is CCOc1cc(CC(=O)N[C@@H](CC(C)C)c2ccccc2N2CCCCC2O)ccc1C(=O)O. The van der Waals surface area contributed by atoms with E-state index >= 15 is 0 Å². The Kier molecular flexibility index (Phi) is 8.93. The molecule has 2 aromatic rings. The molecule has 2 aromatic carbocycles. The summed E-state index contributed by atoms with van der Waals surface area (Å²) in [6.45, 7) is 7.16. The molecule has 7 nitrogen and oxygen atoms in total. The zero-order valence-electron chi connectivity index (χ0n) is 20.3. The summed E-state index contributed by atoms with van der Waals surface area (Å²) in [4.78, 5) is 26.6. The number of hydrogen-bond acceptors (Lipinski definition) is 5. The van der Waals surface area contributed by atoms with Gasteiger partial charge in [-0.3, -0.25) is 4.79 Å². The number of para-hydroxylation sites is 1. The fourth-order valence-corrected chi connectivity index (χ4v) is 4.53. The molecular formula is C27H36N2O5. The Morgan fingerprint density at radius 2 is 1.94 bits per heavy atom. The van der Waals surface area contributed by atoms with E-state index in [1.807, 2.05) is 29.2 Å². The molecule has 7 heteroatoms. The molecule has 0 radical (unpaired) electrons. The van der Waals surface area contributed by atoms with Gasteiger partial charge in [-0.15, -0.1) is 0 Å². The second kappa shape index (κ2) is 11.9. The molecule has 1 fully saturated rings. The fraction of sp³-hybridized carbons (Fsp3) is 0.481. The van der Waals surface area contributed by atoms with Gasteiger partial charge in [0.25, 0.3) is 0 Å². The van der Waals surface area contributed by atoms with Crippen LogP contribution in [-0.4, -0.2) is 41.5 Å². The average Bonchev–Trinajstić information content (AvgIpc) is 2.79. The van der Waals surface area contributed by atoms with Crippen LogP contribution in [0.3, 0.4) is 0 Å². The van der Waals surface area contributed by atoms with Crippen LogP contribution in [0.2, 0.25) is 0 Å². The van der Waals surface area contributed by atoms with Gasteiger partial charge in [0.2, 0.25) is 5.91 Å². The van der Waals surface area contributed by atoms with E-state index in [1.165, 1.54) is 6.07 Å². The number of carbonyl (C=O) groups is 2. The maximum absolute atomic E-state index is 13.1. The molecule has 184 valence electrons. The van der Waals surface area contributed by atoms with Gasteiger partial charge in [-0.1, -0.05) is 38.1 Å². The Morgan fingerprint density at radius 3 is 2.62 bits per heavy atom. The number of benzene rings is 2. The third-order valence-electron chi connectivity index (χ3n) is 6.08. The molecule has 0 aromatic heterocycles. The van der Waals surface area contributed by atoms with Crippen molar-refractivity contribution in [1.29, 1.82) is 0 Å². The maximum Gasteiger partial charge on any atom is 0.339 e. The zero-order chi connectivity index (χ0) is 24.7. The van der Waals surface area contributed by atoms with Crippen molar-refractivity contribution in [2.45, 2.75) is 65.1 Å². The van der Waals surface area contributed by atoms with E-state index < -0.39 is 12.2 Å². The summed E-state index contributed by atoms with van der Waals surface area (Å²) < 4.78 is 5.47. The van der Waals surface area contributed by atoms with Gasteiger partial charge in [0.1, 0.15) is 17.5 Å². The summed E-state index contributed by atoms with van der Waals surface area (Å²) in [5.41, 5.74) is 2.73. The first-order chi connectivity index (χ1) is 16.3. The zero-order valence-corrected chi connectivity index (χ0v) is 20.3. The van der Waals surface area contributed by atoms with Crippen molar-refractivity contribution in [2.24, 2.45) is 5.92 Å². The number of aromatic carboxylic acids is 1. The highest BCUT2D eigenvalue weighted by atomic mass is 16.5. The molecule has 2 atom stereocenters. The van der Waals surface area contributed by atoms with Gasteiger partial charge in [0.15, 0.2) is 0 Å². The van der Waals surface area contributed by atoms with E-state index in [0.717, 1.165) is 43.5 Å². The number of nitrogens with one attached hydrogen (secondary N) is 1. The van der Waals surface area contributed by atoms with Gasteiger partial charge in [0, 0.05) is 12.2 Å². The summed E-state index contributed by atoms with van der Waals surface area (Å²) in [7, 11) is 0. The Labute approximate surface area is 201 Å². The molecule has 1 heterocycles. The number of carboxylic acids is 1. The summed E-state index contributed by atoms with van der Waals surface area (Å²) in [5.74, 6) is -0.592. The standard InChI is InChI=1S/C27H36N2O5/c1-4-34-24-16-19(12-13-21(24)27(32)33)17-25(30)28-22(15-18(2)3)20-9-5-6-10-23(20)29-14-8-7-11-26(29)31/h5-6,9-10,12-13,16,18,22,26,31H,4,7-8,11,14-15,17H2,1-3H3,(H,28,30)(H,32,33)/t22-,26?/m0/s1. The summed E-state index contributed by atoms with van der Waals surface area (Å²) in [5, 5.41) is 23.2. The second-order valence-corrected chi connectivity index (χ2v) is 9.22. The summed E-state index contributed by atoms with van der Waals surface area (Å²) >= 11 is 0. The largest absolute Gasteiger partial charge is 0.493 e. The molecule has 1 aliphatic rings.